The van der Waals surface area contributed by atoms with Crippen molar-refractivity contribution in [3.63, 3.8) is 0 Å². The van der Waals surface area contributed by atoms with Gasteiger partial charge in [0.2, 0.25) is 5.43 Å². The summed E-state index contributed by atoms with van der Waals surface area (Å²) in [6.45, 7) is 14.6. The number of pyridine rings is 1. The predicted octanol–water partition coefficient (Wildman–Crippen LogP) is 6.09. The van der Waals surface area contributed by atoms with Gasteiger partial charge in [0, 0.05) is 31.4 Å². The summed E-state index contributed by atoms with van der Waals surface area (Å²) in [5, 5.41) is 13.0. The van der Waals surface area contributed by atoms with Crippen molar-refractivity contribution in [1.29, 1.82) is 0 Å². The molecule has 38 heavy (non-hydrogen) atoms. The van der Waals surface area contributed by atoms with Gasteiger partial charge in [0.25, 0.3) is 0 Å². The smallest absolute Gasteiger partial charge is 0.341 e. The van der Waals surface area contributed by atoms with Gasteiger partial charge >= 0.3 is 5.97 Å². The third-order valence-corrected chi connectivity index (χ3v) is 6.49. The van der Waals surface area contributed by atoms with Gasteiger partial charge in [-0.05, 0) is 44.2 Å². The van der Waals surface area contributed by atoms with Crippen molar-refractivity contribution in [2.45, 2.75) is 85.7 Å². The minimum Gasteiger partial charge on any atom is -0.492 e. The number of methoxy groups -OCH3 is 1. The maximum absolute atomic E-state index is 15.3. The maximum atomic E-state index is 15.3. The van der Waals surface area contributed by atoms with Crippen LogP contribution in [0.5, 0.6) is 5.75 Å². The number of terminal acetylenes is 1. The van der Waals surface area contributed by atoms with Crippen molar-refractivity contribution in [2.24, 2.45) is 5.92 Å². The van der Waals surface area contributed by atoms with Crippen LogP contribution in [-0.4, -0.2) is 48.4 Å². The van der Waals surface area contributed by atoms with Gasteiger partial charge in [-0.2, -0.15) is 0 Å². The summed E-state index contributed by atoms with van der Waals surface area (Å²) in [5.74, 6) is -1.07. The number of anilines is 1. The van der Waals surface area contributed by atoms with Gasteiger partial charge in [-0.3, -0.25) is 4.79 Å². The van der Waals surface area contributed by atoms with E-state index in [-0.39, 0.29) is 17.0 Å². The lowest BCUT2D eigenvalue weighted by molar-refractivity contribution is 0.0694. The van der Waals surface area contributed by atoms with Crippen LogP contribution in [0.4, 0.5) is 10.1 Å². The standard InChI is InChI=1S/C21H24FN3O4.C3H8.2C2H6.C2H2/c1-29-20-17-13(19(26)14(21(27)28)9-25(17)12-4-5-12)7-15(22)18(20)24-8-11-3-2-6-23-16(11)10-24;1-3-2;3*1-2/h7,9,11-12,16,23H,2-6,8,10H2,1H3,(H,27,28);3H2,1-2H3;2*1-2H3;1-2H. The first-order valence-electron chi connectivity index (χ1n) is 13.9. The quantitative estimate of drug-likeness (QED) is 0.465. The van der Waals surface area contributed by atoms with Crippen LogP contribution in [0, 0.1) is 24.6 Å². The number of halogens is 1. The first-order chi connectivity index (χ1) is 18.4. The number of fused-ring (bicyclic) bond motifs is 2. The second kappa shape index (κ2) is 16.0. The molecule has 2 saturated heterocycles. The van der Waals surface area contributed by atoms with E-state index in [1.165, 1.54) is 25.8 Å². The Morgan fingerprint density at radius 1 is 1.16 bits per heavy atom. The summed E-state index contributed by atoms with van der Waals surface area (Å²) < 4.78 is 22.8. The Hall–Kier alpha value is -3.05. The molecule has 2 aromatic rings. The molecule has 1 aliphatic carbocycles. The monoisotopic (exact) mass is 531 g/mol. The molecule has 212 valence electrons. The Kier molecular flexibility index (Phi) is 13.9. The fourth-order valence-corrected chi connectivity index (χ4v) is 4.95. The number of hydrogen-bond donors (Lipinski definition) is 2. The van der Waals surface area contributed by atoms with Crippen molar-refractivity contribution in [2.75, 3.05) is 31.6 Å². The second-order valence-corrected chi connectivity index (χ2v) is 9.03. The van der Waals surface area contributed by atoms with E-state index in [1.807, 2.05) is 32.6 Å². The number of nitrogens with zero attached hydrogens (tertiary/aromatic N) is 2. The number of carboxylic acid groups (broad SMARTS) is 1. The molecule has 2 unspecified atom stereocenters. The molecule has 1 aromatic heterocycles. The molecule has 3 aliphatic rings. The van der Waals surface area contributed by atoms with Gasteiger partial charge < -0.3 is 24.6 Å². The SMILES string of the molecule is C#C.CC.CC.CCC.COc1c(N2CC3CCCNC3C2)c(F)cc2c(=O)c(C(=O)O)cn(C3CC3)c12. The van der Waals surface area contributed by atoms with Gasteiger partial charge in [-0.15, -0.1) is 12.8 Å². The van der Waals surface area contributed by atoms with Crippen LogP contribution in [0.1, 0.15) is 90.0 Å². The molecule has 1 saturated carbocycles. The maximum Gasteiger partial charge on any atom is 0.341 e. The number of aromatic nitrogens is 1. The molecule has 1 aromatic carbocycles. The van der Waals surface area contributed by atoms with Crippen LogP contribution in [0.25, 0.3) is 10.9 Å². The van der Waals surface area contributed by atoms with E-state index < -0.39 is 17.2 Å². The normalized spacial score (nSPS) is 19.2. The van der Waals surface area contributed by atoms with Crippen molar-refractivity contribution < 1.29 is 19.0 Å². The molecule has 2 atom stereocenters. The molecule has 3 fully saturated rings. The lowest BCUT2D eigenvalue weighted by Crippen LogP contribution is -2.40. The van der Waals surface area contributed by atoms with Crippen LogP contribution in [-0.2, 0) is 0 Å². The fourth-order valence-electron chi connectivity index (χ4n) is 4.95. The van der Waals surface area contributed by atoms with E-state index in [2.05, 4.69) is 32.0 Å². The third kappa shape index (κ3) is 7.08. The number of hydrogen-bond acceptors (Lipinski definition) is 5. The minimum absolute atomic E-state index is 0.0599. The molecule has 0 radical (unpaired) electrons. The van der Waals surface area contributed by atoms with Crippen LogP contribution < -0.4 is 20.4 Å². The lowest BCUT2D eigenvalue weighted by Gasteiger charge is -2.25. The highest BCUT2D eigenvalue weighted by molar-refractivity contribution is 5.97. The third-order valence-electron chi connectivity index (χ3n) is 6.49. The minimum atomic E-state index is -1.30. The Balaban J connectivity index is 0.000000723. The summed E-state index contributed by atoms with van der Waals surface area (Å²) in [6.07, 6.45) is 14.7. The van der Waals surface area contributed by atoms with Gasteiger partial charge in [-0.1, -0.05) is 48.0 Å². The number of carboxylic acids is 1. The molecule has 0 spiro atoms. The molecule has 7 nitrogen and oxygen atoms in total. The highest BCUT2D eigenvalue weighted by Crippen LogP contribution is 2.45. The fraction of sp³-hybridized carbons (Fsp3) is 0.600. The molecule has 3 heterocycles. The molecule has 0 bridgehead atoms. The number of carbonyl (C=O) groups is 1. The first-order valence-corrected chi connectivity index (χ1v) is 13.9. The summed E-state index contributed by atoms with van der Waals surface area (Å²) in [5.41, 5.74) is -0.155. The molecule has 2 N–H and O–H groups in total. The molecule has 0 amide bonds. The topological polar surface area (TPSA) is 83.8 Å². The molecule has 8 heteroatoms. The van der Waals surface area contributed by atoms with Crippen LogP contribution >= 0.6 is 0 Å². The van der Waals surface area contributed by atoms with Gasteiger partial charge in [0.05, 0.1) is 18.0 Å². The van der Waals surface area contributed by atoms with E-state index >= 15 is 4.39 Å². The predicted molar refractivity (Wildman–Crippen MR) is 155 cm³/mol. The van der Waals surface area contributed by atoms with Gasteiger partial charge in [-0.25, -0.2) is 9.18 Å². The Labute approximate surface area is 227 Å². The van der Waals surface area contributed by atoms with Crippen molar-refractivity contribution >= 4 is 22.6 Å². The summed E-state index contributed by atoms with van der Waals surface area (Å²) in [7, 11) is 1.48. The van der Waals surface area contributed by atoms with Crippen LogP contribution in [0.2, 0.25) is 0 Å². The number of benzene rings is 1. The number of nitrogens with one attached hydrogen (secondary N) is 1. The van der Waals surface area contributed by atoms with E-state index in [0.29, 0.717) is 35.5 Å². The Morgan fingerprint density at radius 3 is 2.26 bits per heavy atom. The number of piperidine rings is 1. The van der Waals surface area contributed by atoms with Crippen molar-refractivity contribution in [1.82, 2.24) is 9.88 Å². The highest BCUT2D eigenvalue weighted by atomic mass is 19.1. The zero-order valence-electron chi connectivity index (χ0n) is 24.1. The van der Waals surface area contributed by atoms with Crippen LogP contribution in [0.15, 0.2) is 17.1 Å². The second-order valence-electron chi connectivity index (χ2n) is 9.03. The summed E-state index contributed by atoms with van der Waals surface area (Å²) in [4.78, 5) is 26.4. The van der Waals surface area contributed by atoms with Crippen LogP contribution in [0.3, 0.4) is 0 Å². The summed E-state index contributed by atoms with van der Waals surface area (Å²) >= 11 is 0. The largest absolute Gasteiger partial charge is 0.492 e. The number of rotatable bonds is 4. The van der Waals surface area contributed by atoms with E-state index in [4.69, 9.17) is 4.74 Å². The molecular formula is C30H46FN3O4. The molecule has 5 rings (SSSR count). The van der Waals surface area contributed by atoms with Gasteiger partial charge in [0.1, 0.15) is 11.3 Å². The van der Waals surface area contributed by atoms with E-state index in [9.17, 15) is 14.7 Å². The van der Waals surface area contributed by atoms with Crippen molar-refractivity contribution in [3.05, 3.63) is 33.9 Å². The number of aromatic carboxylic acids is 1. The van der Waals surface area contributed by atoms with Crippen molar-refractivity contribution in [3.8, 4) is 18.6 Å². The highest BCUT2D eigenvalue weighted by Gasteiger charge is 2.38. The Bertz CT molecular complexity index is 1110. The first kappa shape index (κ1) is 33.0. The summed E-state index contributed by atoms with van der Waals surface area (Å²) in [6, 6.07) is 1.62. The lowest BCUT2D eigenvalue weighted by atomic mass is 9.94. The average Bonchev–Trinajstić information content (AvgIpc) is 3.70. The van der Waals surface area contributed by atoms with E-state index in [0.717, 1.165) is 38.8 Å². The van der Waals surface area contributed by atoms with E-state index in [1.54, 1.807) is 4.57 Å². The Morgan fingerprint density at radius 2 is 1.76 bits per heavy atom. The van der Waals surface area contributed by atoms with Gasteiger partial charge in [0.15, 0.2) is 11.6 Å². The average molecular weight is 532 g/mol. The zero-order valence-corrected chi connectivity index (χ0v) is 24.1. The molecule has 2 aliphatic heterocycles. The zero-order chi connectivity index (χ0) is 29.0. The number of ether oxygens (including phenoxy) is 1. The molecular weight excluding hydrogens is 485 g/mol.